The average molecular weight is 214 g/mol. The molecule has 82 valence electrons. The van der Waals surface area contributed by atoms with Gasteiger partial charge in [-0.3, -0.25) is 4.98 Å². The lowest BCUT2D eigenvalue weighted by Crippen LogP contribution is -2.01. The van der Waals surface area contributed by atoms with E-state index in [9.17, 15) is 5.21 Å². The van der Waals surface area contributed by atoms with E-state index in [1.54, 1.807) is 6.20 Å². The van der Waals surface area contributed by atoms with Crippen molar-refractivity contribution in [1.29, 1.82) is 0 Å². The van der Waals surface area contributed by atoms with E-state index >= 15 is 0 Å². The monoisotopic (exact) mass is 214 g/mol. The van der Waals surface area contributed by atoms with Crippen LogP contribution in [0.2, 0.25) is 0 Å². The van der Waals surface area contributed by atoms with Gasteiger partial charge >= 0.3 is 0 Å². The first-order chi connectivity index (χ1) is 7.90. The van der Waals surface area contributed by atoms with Crippen molar-refractivity contribution in [3.05, 3.63) is 59.2 Å². The predicted molar refractivity (Wildman–Crippen MR) is 62.9 cm³/mol. The third-order valence-corrected chi connectivity index (χ3v) is 2.36. The number of nitrogens with zero attached hydrogens (tertiary/aromatic N) is 2. The first-order valence-electron chi connectivity index (χ1n) is 5.12. The lowest BCUT2D eigenvalue weighted by atomic mass is 10.1. The molecule has 0 aliphatic rings. The lowest BCUT2D eigenvalue weighted by Gasteiger charge is -2.11. The fourth-order valence-electron chi connectivity index (χ4n) is 1.54. The highest BCUT2D eigenvalue weighted by atomic mass is 16.5. The molecule has 2 aromatic rings. The molecule has 0 atom stereocenters. The minimum Gasteiger partial charge on any atom is -0.760 e. The number of benzene rings is 1. The molecule has 0 aliphatic heterocycles. The first-order valence-corrected chi connectivity index (χ1v) is 5.12. The number of hydrogen-bond donors (Lipinski definition) is 1. The van der Waals surface area contributed by atoms with Crippen LogP contribution in [0.4, 0.5) is 5.82 Å². The van der Waals surface area contributed by atoms with E-state index in [4.69, 9.17) is 0 Å². The van der Waals surface area contributed by atoms with Crippen molar-refractivity contribution < 1.29 is 0 Å². The normalized spacial score (nSPS) is 10.1. The Labute approximate surface area is 94.0 Å². The van der Waals surface area contributed by atoms with Crippen molar-refractivity contribution >= 4 is 5.82 Å². The molecule has 16 heavy (non-hydrogen) atoms. The maximum atomic E-state index is 10.6. The number of anilines is 1. The molecule has 0 unspecified atom stereocenters. The van der Waals surface area contributed by atoms with Gasteiger partial charge < -0.3 is 10.7 Å². The van der Waals surface area contributed by atoms with Crippen molar-refractivity contribution in [2.24, 2.45) is 0 Å². The van der Waals surface area contributed by atoms with E-state index in [2.05, 4.69) is 22.1 Å². The summed E-state index contributed by atoms with van der Waals surface area (Å²) in [6, 6.07) is 10.1. The summed E-state index contributed by atoms with van der Waals surface area (Å²) >= 11 is 0. The first kappa shape index (κ1) is 10.6. The Bertz CT molecular complexity index is 445. The summed E-state index contributed by atoms with van der Waals surface area (Å²) in [6.07, 6.45) is 4.67. The summed E-state index contributed by atoms with van der Waals surface area (Å²) in [4.78, 5) is 8.06. The minimum absolute atomic E-state index is 0.318. The van der Waals surface area contributed by atoms with Crippen LogP contribution in [0, 0.1) is 5.21 Å². The van der Waals surface area contributed by atoms with Gasteiger partial charge in [-0.2, -0.15) is 0 Å². The van der Waals surface area contributed by atoms with Gasteiger partial charge in [-0.15, -0.1) is 0 Å². The van der Waals surface area contributed by atoms with Crippen LogP contribution >= 0.6 is 0 Å². The van der Waals surface area contributed by atoms with Gasteiger partial charge in [0, 0.05) is 12.4 Å². The molecule has 4 nitrogen and oxygen atoms in total. The van der Waals surface area contributed by atoms with Gasteiger partial charge in [-0.05, 0) is 18.4 Å². The molecule has 1 N–H and O–H groups in total. The largest absolute Gasteiger partial charge is 0.760 e. The molecule has 4 heteroatoms. The van der Waals surface area contributed by atoms with E-state index in [1.807, 2.05) is 23.7 Å². The Balaban J connectivity index is 2.05. The fourth-order valence-corrected chi connectivity index (χ4v) is 1.54. The van der Waals surface area contributed by atoms with Crippen molar-refractivity contribution in [2.45, 2.75) is 12.8 Å². The maximum absolute atomic E-state index is 10.6. The number of nitrogens with one attached hydrogen (secondary N) is 1. The van der Waals surface area contributed by atoms with Gasteiger partial charge in [0.2, 0.25) is 0 Å². The molecular weight excluding hydrogens is 202 g/mol. The molecule has 2 rings (SSSR count). The molecule has 0 saturated heterocycles. The van der Waals surface area contributed by atoms with Crippen LogP contribution < -0.4 is 5.48 Å². The topological polar surface area (TPSA) is 60.9 Å². The third kappa shape index (κ3) is 2.55. The van der Waals surface area contributed by atoms with Crippen molar-refractivity contribution in [3.8, 4) is 0 Å². The highest BCUT2D eigenvalue weighted by Crippen LogP contribution is 2.11. The standard InChI is InChI=1S/C12H12N3O/c16-15-12-11(13-8-9-14-12)7-6-10-4-2-1-3-5-10/h1-5,8-9H,6-7H2,(H-,14,15,16)/q-1. The molecule has 0 fully saturated rings. The molecule has 0 aliphatic carbocycles. The molecular formula is C12H12N3O-. The third-order valence-electron chi connectivity index (χ3n) is 2.36. The van der Waals surface area contributed by atoms with Crippen LogP contribution in [0.5, 0.6) is 0 Å². The Kier molecular flexibility index (Phi) is 3.46. The molecule has 0 radical (unpaired) electrons. The Morgan fingerprint density at radius 2 is 1.75 bits per heavy atom. The maximum Gasteiger partial charge on any atom is 0.137 e. The molecule has 1 heterocycles. The van der Waals surface area contributed by atoms with Crippen LogP contribution in [-0.2, 0) is 12.8 Å². The second-order valence-corrected chi connectivity index (χ2v) is 3.44. The number of aryl methyl sites for hydroxylation is 2. The number of rotatable bonds is 4. The van der Waals surface area contributed by atoms with Gasteiger partial charge in [0.05, 0.1) is 5.69 Å². The highest BCUT2D eigenvalue weighted by molar-refractivity contribution is 5.40. The van der Waals surface area contributed by atoms with Gasteiger partial charge in [-0.1, -0.05) is 30.3 Å². The zero-order valence-electron chi connectivity index (χ0n) is 8.76. The number of aromatic nitrogens is 2. The van der Waals surface area contributed by atoms with Gasteiger partial charge in [0.15, 0.2) is 0 Å². The van der Waals surface area contributed by atoms with E-state index in [-0.39, 0.29) is 0 Å². The zero-order valence-corrected chi connectivity index (χ0v) is 8.76. The summed E-state index contributed by atoms with van der Waals surface area (Å²) < 4.78 is 0. The van der Waals surface area contributed by atoms with Crippen molar-refractivity contribution in [1.82, 2.24) is 9.97 Å². The molecule has 0 spiro atoms. The van der Waals surface area contributed by atoms with Gasteiger partial charge in [0.1, 0.15) is 5.82 Å². The molecule has 0 saturated carbocycles. The fraction of sp³-hybridized carbons (Fsp3) is 0.167. The van der Waals surface area contributed by atoms with Gasteiger partial charge in [0.25, 0.3) is 0 Å². The summed E-state index contributed by atoms with van der Waals surface area (Å²) in [5.74, 6) is 0.318. The molecule has 1 aromatic heterocycles. The van der Waals surface area contributed by atoms with E-state index in [0.29, 0.717) is 17.9 Å². The Morgan fingerprint density at radius 1 is 1.00 bits per heavy atom. The van der Waals surface area contributed by atoms with E-state index in [0.717, 1.165) is 6.42 Å². The van der Waals surface area contributed by atoms with Crippen molar-refractivity contribution in [2.75, 3.05) is 5.48 Å². The summed E-state index contributed by atoms with van der Waals surface area (Å²) in [5.41, 5.74) is 3.74. The molecule has 1 aromatic carbocycles. The molecule has 0 amide bonds. The van der Waals surface area contributed by atoms with E-state index in [1.165, 1.54) is 11.8 Å². The van der Waals surface area contributed by atoms with Crippen molar-refractivity contribution in [3.63, 3.8) is 0 Å². The second-order valence-electron chi connectivity index (χ2n) is 3.44. The van der Waals surface area contributed by atoms with Crippen LogP contribution in [0.15, 0.2) is 42.7 Å². The van der Waals surface area contributed by atoms with Crippen LogP contribution in [-0.4, -0.2) is 9.97 Å². The SMILES string of the molecule is [O-]Nc1nccnc1CCc1ccccc1. The Hall–Kier alpha value is -1.94. The van der Waals surface area contributed by atoms with E-state index < -0.39 is 0 Å². The highest BCUT2D eigenvalue weighted by Gasteiger charge is 2.01. The Morgan fingerprint density at radius 3 is 2.50 bits per heavy atom. The average Bonchev–Trinajstić information content (AvgIpc) is 2.38. The summed E-state index contributed by atoms with van der Waals surface area (Å²) in [5, 5.41) is 10.6. The number of hydrogen-bond acceptors (Lipinski definition) is 4. The zero-order chi connectivity index (χ0) is 11.2. The summed E-state index contributed by atoms with van der Waals surface area (Å²) in [7, 11) is 0. The van der Waals surface area contributed by atoms with Crippen LogP contribution in [0.25, 0.3) is 0 Å². The van der Waals surface area contributed by atoms with Crippen LogP contribution in [0.1, 0.15) is 11.3 Å². The smallest absolute Gasteiger partial charge is 0.137 e. The lowest BCUT2D eigenvalue weighted by molar-refractivity contribution is 0.903. The quantitative estimate of drug-likeness (QED) is 0.792. The second kappa shape index (κ2) is 5.23. The minimum atomic E-state index is 0.318. The van der Waals surface area contributed by atoms with Gasteiger partial charge in [-0.25, -0.2) is 4.98 Å². The molecule has 0 bridgehead atoms. The van der Waals surface area contributed by atoms with Crippen LogP contribution in [0.3, 0.4) is 0 Å². The predicted octanol–water partition coefficient (Wildman–Crippen LogP) is 2.17. The summed E-state index contributed by atoms with van der Waals surface area (Å²) in [6.45, 7) is 0.